The highest BCUT2D eigenvalue weighted by Gasteiger charge is 2.19. The van der Waals surface area contributed by atoms with Crippen LogP contribution >= 0.6 is 0 Å². The number of ketones is 1. The molecule has 0 fully saturated rings. The Morgan fingerprint density at radius 3 is 2.24 bits per heavy atom. The number of aryl methyl sites for hydroxylation is 4. The second kappa shape index (κ2) is 6.67. The van der Waals surface area contributed by atoms with E-state index in [1.165, 1.54) is 16.7 Å². The van der Waals surface area contributed by atoms with Gasteiger partial charge >= 0.3 is 0 Å². The molecule has 3 nitrogen and oxygen atoms in total. The number of benzene rings is 1. The van der Waals surface area contributed by atoms with Crippen molar-refractivity contribution in [3.63, 3.8) is 0 Å². The van der Waals surface area contributed by atoms with E-state index in [1.807, 2.05) is 49.0 Å². The number of hydrogen-bond donors (Lipinski definition) is 0. The maximum absolute atomic E-state index is 12.8. The van der Waals surface area contributed by atoms with Gasteiger partial charge in [-0.2, -0.15) is 4.57 Å². The topological polar surface area (TPSA) is 25.9 Å². The molecule has 128 valence electrons. The molecule has 0 aliphatic heterocycles. The summed E-state index contributed by atoms with van der Waals surface area (Å²) in [5.41, 5.74) is 7.71. The third-order valence-electron chi connectivity index (χ3n) is 4.86. The molecule has 0 aliphatic carbocycles. The Hall–Kier alpha value is -2.68. The second-order valence-corrected chi connectivity index (χ2v) is 6.86. The van der Waals surface area contributed by atoms with Gasteiger partial charge in [-0.25, -0.2) is 0 Å². The predicted molar refractivity (Wildman–Crippen MR) is 100 cm³/mol. The highest BCUT2D eigenvalue weighted by Crippen LogP contribution is 2.23. The molecule has 2 heterocycles. The van der Waals surface area contributed by atoms with Gasteiger partial charge < -0.3 is 4.57 Å². The molecule has 3 aromatic rings. The number of Topliss-reactive ketones (excluding diaryl/α,β-unsaturated/α-hetero) is 1. The first kappa shape index (κ1) is 17.2. The second-order valence-electron chi connectivity index (χ2n) is 6.86. The standard InChI is InChI=1S/C22H25N2O/c1-15-8-10-23(11-9-15)14-22(25)21-13-18(4)24(19(21)5)20-7-6-16(2)17(3)12-20/h6-13H,14H2,1-5H3/q+1. The number of hydrogen-bond acceptors (Lipinski definition) is 1. The minimum atomic E-state index is 0.136. The molecule has 25 heavy (non-hydrogen) atoms. The SMILES string of the molecule is Cc1cc[n+](CC(=O)c2cc(C)n(-c3ccc(C)c(C)c3)c2C)cc1. The van der Waals surface area contributed by atoms with Crippen LogP contribution in [-0.4, -0.2) is 10.4 Å². The number of rotatable bonds is 4. The van der Waals surface area contributed by atoms with E-state index in [0.717, 1.165) is 22.6 Å². The van der Waals surface area contributed by atoms with Crippen LogP contribution in [0.25, 0.3) is 5.69 Å². The fourth-order valence-electron chi connectivity index (χ4n) is 3.20. The maximum Gasteiger partial charge on any atom is 0.229 e. The van der Waals surface area contributed by atoms with E-state index in [4.69, 9.17) is 0 Å². The quantitative estimate of drug-likeness (QED) is 0.519. The van der Waals surface area contributed by atoms with Crippen LogP contribution in [0, 0.1) is 34.6 Å². The van der Waals surface area contributed by atoms with Crippen LogP contribution in [0.15, 0.2) is 48.8 Å². The Morgan fingerprint density at radius 2 is 1.60 bits per heavy atom. The normalized spacial score (nSPS) is 10.9. The summed E-state index contributed by atoms with van der Waals surface area (Å²) in [7, 11) is 0. The number of carbonyl (C=O) groups is 1. The van der Waals surface area contributed by atoms with E-state index >= 15 is 0 Å². The molecular weight excluding hydrogens is 308 g/mol. The smallest absolute Gasteiger partial charge is 0.229 e. The van der Waals surface area contributed by atoms with Crippen molar-refractivity contribution in [1.29, 1.82) is 0 Å². The van der Waals surface area contributed by atoms with Crippen molar-refractivity contribution in [2.75, 3.05) is 0 Å². The molecule has 3 heteroatoms. The van der Waals surface area contributed by atoms with Gasteiger partial charge in [0, 0.05) is 34.8 Å². The van der Waals surface area contributed by atoms with E-state index < -0.39 is 0 Å². The van der Waals surface area contributed by atoms with Gasteiger partial charge in [-0.05, 0) is 69.5 Å². The fourth-order valence-corrected chi connectivity index (χ4v) is 3.20. The fraction of sp³-hybridized carbons (Fsp3) is 0.273. The average molecular weight is 333 g/mol. The third-order valence-corrected chi connectivity index (χ3v) is 4.86. The Balaban J connectivity index is 1.94. The van der Waals surface area contributed by atoms with Gasteiger partial charge in [-0.1, -0.05) is 6.07 Å². The van der Waals surface area contributed by atoms with Crippen molar-refractivity contribution in [2.45, 2.75) is 41.2 Å². The number of pyridine rings is 1. The zero-order valence-corrected chi connectivity index (χ0v) is 15.6. The van der Waals surface area contributed by atoms with Crippen LogP contribution in [0.5, 0.6) is 0 Å². The van der Waals surface area contributed by atoms with E-state index in [9.17, 15) is 4.79 Å². The summed E-state index contributed by atoms with van der Waals surface area (Å²) in [6.07, 6.45) is 3.91. The summed E-state index contributed by atoms with van der Waals surface area (Å²) in [6, 6.07) is 12.5. The molecule has 0 N–H and O–H groups in total. The molecule has 0 saturated carbocycles. The minimum absolute atomic E-state index is 0.136. The largest absolute Gasteiger partial charge is 0.318 e. The van der Waals surface area contributed by atoms with Crippen molar-refractivity contribution >= 4 is 5.78 Å². The Morgan fingerprint density at radius 1 is 0.920 bits per heavy atom. The van der Waals surface area contributed by atoms with Crippen LogP contribution in [0.4, 0.5) is 0 Å². The third kappa shape index (κ3) is 3.41. The van der Waals surface area contributed by atoms with E-state index in [1.54, 1.807) is 0 Å². The molecule has 0 bridgehead atoms. The van der Waals surface area contributed by atoms with Crippen LogP contribution < -0.4 is 4.57 Å². The maximum atomic E-state index is 12.8. The van der Waals surface area contributed by atoms with Crippen LogP contribution in [-0.2, 0) is 6.54 Å². The summed E-state index contributed by atoms with van der Waals surface area (Å²) < 4.78 is 4.09. The zero-order valence-electron chi connectivity index (χ0n) is 15.6. The highest BCUT2D eigenvalue weighted by atomic mass is 16.1. The molecule has 3 rings (SSSR count). The highest BCUT2D eigenvalue weighted by molar-refractivity contribution is 5.96. The predicted octanol–water partition coefficient (Wildman–Crippen LogP) is 4.19. The average Bonchev–Trinajstić information content (AvgIpc) is 2.87. The van der Waals surface area contributed by atoms with Gasteiger partial charge in [-0.3, -0.25) is 4.79 Å². The molecular formula is C22H25N2O+. The first-order valence-electron chi connectivity index (χ1n) is 8.62. The molecule has 0 radical (unpaired) electrons. The van der Waals surface area contributed by atoms with E-state index in [-0.39, 0.29) is 5.78 Å². The van der Waals surface area contributed by atoms with Crippen molar-refractivity contribution in [2.24, 2.45) is 0 Å². The van der Waals surface area contributed by atoms with Crippen molar-refractivity contribution in [3.05, 3.63) is 82.4 Å². The lowest BCUT2D eigenvalue weighted by Crippen LogP contribution is -2.37. The van der Waals surface area contributed by atoms with Gasteiger partial charge in [0.25, 0.3) is 0 Å². The number of aromatic nitrogens is 2. The van der Waals surface area contributed by atoms with Crippen molar-refractivity contribution in [3.8, 4) is 5.69 Å². The van der Waals surface area contributed by atoms with E-state index in [2.05, 4.69) is 43.5 Å². The van der Waals surface area contributed by atoms with Gasteiger partial charge in [0.15, 0.2) is 12.4 Å². The lowest BCUT2D eigenvalue weighted by atomic mass is 10.1. The molecule has 0 saturated heterocycles. The summed E-state index contributed by atoms with van der Waals surface area (Å²) >= 11 is 0. The van der Waals surface area contributed by atoms with Crippen molar-refractivity contribution < 1.29 is 9.36 Å². The lowest BCUT2D eigenvalue weighted by Gasteiger charge is -2.12. The zero-order chi connectivity index (χ0) is 18.1. The molecule has 0 unspecified atom stereocenters. The van der Waals surface area contributed by atoms with Crippen LogP contribution in [0.2, 0.25) is 0 Å². The minimum Gasteiger partial charge on any atom is -0.318 e. The summed E-state index contributed by atoms with van der Waals surface area (Å²) in [6.45, 7) is 10.7. The Bertz CT molecular complexity index is 933. The molecule has 1 aromatic carbocycles. The molecule has 2 aromatic heterocycles. The molecule has 0 atom stereocenters. The van der Waals surface area contributed by atoms with E-state index in [0.29, 0.717) is 6.54 Å². The first-order valence-corrected chi connectivity index (χ1v) is 8.62. The monoisotopic (exact) mass is 333 g/mol. The Kier molecular flexibility index (Phi) is 4.58. The Labute approximate surface area is 149 Å². The van der Waals surface area contributed by atoms with Gasteiger partial charge in [0.2, 0.25) is 12.3 Å². The summed E-state index contributed by atoms with van der Waals surface area (Å²) in [4.78, 5) is 12.8. The van der Waals surface area contributed by atoms with Gasteiger partial charge in [0.1, 0.15) is 0 Å². The number of nitrogens with zero attached hydrogens (tertiary/aromatic N) is 2. The van der Waals surface area contributed by atoms with Gasteiger partial charge in [-0.15, -0.1) is 0 Å². The molecule has 0 aliphatic rings. The van der Waals surface area contributed by atoms with Crippen LogP contribution in [0.1, 0.15) is 38.4 Å². The molecule has 0 amide bonds. The molecule has 0 spiro atoms. The van der Waals surface area contributed by atoms with Crippen molar-refractivity contribution in [1.82, 2.24) is 4.57 Å². The first-order chi connectivity index (χ1) is 11.9. The van der Waals surface area contributed by atoms with Gasteiger partial charge in [0.05, 0.1) is 0 Å². The summed E-state index contributed by atoms with van der Waals surface area (Å²) in [5.74, 6) is 0.136. The lowest BCUT2D eigenvalue weighted by molar-refractivity contribution is -0.683. The summed E-state index contributed by atoms with van der Waals surface area (Å²) in [5, 5.41) is 0. The van der Waals surface area contributed by atoms with Crippen LogP contribution in [0.3, 0.4) is 0 Å². The number of carbonyl (C=O) groups excluding carboxylic acids is 1.